The van der Waals surface area contributed by atoms with Crippen LogP contribution < -0.4 is 4.74 Å². The molecule has 0 unspecified atom stereocenters. The van der Waals surface area contributed by atoms with Crippen molar-refractivity contribution in [1.82, 2.24) is 0 Å². The molecule has 0 atom stereocenters. The van der Waals surface area contributed by atoms with Crippen molar-refractivity contribution in [2.75, 3.05) is 13.9 Å². The number of aryl methyl sites for hydroxylation is 1. The van der Waals surface area contributed by atoms with Crippen molar-refractivity contribution in [2.45, 2.75) is 37.7 Å². The molecule has 2 rings (SSSR count). The molecule has 10 heteroatoms. The average molecular weight is 450 g/mol. The number of hydrogen-bond donors (Lipinski definition) is 0. The number of alkyl halides is 6. The summed E-state index contributed by atoms with van der Waals surface area (Å²) in [6.07, 6.45) is -10.5. The van der Waals surface area contributed by atoms with Gasteiger partial charge in [0.1, 0.15) is 24.6 Å². The van der Waals surface area contributed by atoms with Crippen LogP contribution in [-0.4, -0.2) is 32.5 Å². The third kappa shape index (κ3) is 5.19. The van der Waals surface area contributed by atoms with Gasteiger partial charge in [0.25, 0.3) is 5.60 Å². The van der Waals surface area contributed by atoms with Crippen molar-refractivity contribution < 1.29 is 45.3 Å². The quantitative estimate of drug-likeness (QED) is 0.260. The molecule has 2 aromatic carbocycles. The lowest BCUT2D eigenvalue weighted by molar-refractivity contribution is -0.400. The van der Waals surface area contributed by atoms with Crippen LogP contribution in [0.25, 0.3) is 0 Å². The molecule has 0 heterocycles. The van der Waals surface area contributed by atoms with Crippen LogP contribution in [0.15, 0.2) is 42.5 Å². The van der Waals surface area contributed by atoms with Gasteiger partial charge in [-0.05, 0) is 36.2 Å². The van der Waals surface area contributed by atoms with Crippen molar-refractivity contribution in [3.05, 3.63) is 59.2 Å². The molecule has 4 nitrogen and oxygen atoms in total. The first-order chi connectivity index (χ1) is 14.5. The Morgan fingerprint density at radius 2 is 1.65 bits per heavy atom. The van der Waals surface area contributed by atoms with Crippen LogP contribution in [0, 0.1) is 0 Å². The summed E-state index contributed by atoms with van der Waals surface area (Å²) in [5.74, 6) is 0.280. The van der Waals surface area contributed by atoms with Crippen molar-refractivity contribution in [2.24, 2.45) is 0 Å². The normalized spacial score (nSPS) is 12.6. The van der Waals surface area contributed by atoms with E-state index in [9.17, 15) is 31.1 Å². The van der Waals surface area contributed by atoms with Gasteiger partial charge in [-0.1, -0.05) is 31.5 Å². The lowest BCUT2D eigenvalue weighted by Crippen LogP contribution is -2.56. The standard InChI is InChI=1S/C21H20F6O4/c1-3-5-15-11-16(19(20(22,23)24,21(25,26)27)30-13-29-2)8-9-18(15)31-17-7-4-6-14(10-17)12-28/h4,6-12H,3,5,13H2,1-2H3. The summed E-state index contributed by atoms with van der Waals surface area (Å²) in [4.78, 5) is 10.9. The predicted molar refractivity (Wildman–Crippen MR) is 99.1 cm³/mol. The number of aldehydes is 1. The molecule has 0 bridgehead atoms. The first kappa shape index (κ1) is 24.7. The number of rotatable bonds is 9. The Balaban J connectivity index is 2.61. The maximum Gasteiger partial charge on any atom is 0.430 e. The lowest BCUT2D eigenvalue weighted by Gasteiger charge is -2.37. The summed E-state index contributed by atoms with van der Waals surface area (Å²) in [7, 11) is 0.921. The van der Waals surface area contributed by atoms with E-state index in [1.807, 2.05) is 0 Å². The number of hydrogen-bond acceptors (Lipinski definition) is 4. The molecule has 0 spiro atoms. The highest BCUT2D eigenvalue weighted by molar-refractivity contribution is 5.75. The Morgan fingerprint density at radius 3 is 2.19 bits per heavy atom. The van der Waals surface area contributed by atoms with Crippen molar-refractivity contribution in [1.29, 1.82) is 0 Å². The summed E-state index contributed by atoms with van der Waals surface area (Å²) in [5.41, 5.74) is -5.29. The molecule has 0 saturated carbocycles. The van der Waals surface area contributed by atoms with Gasteiger partial charge in [0.05, 0.1) is 0 Å². The summed E-state index contributed by atoms with van der Waals surface area (Å²) in [5, 5.41) is 0. The maximum atomic E-state index is 13.8. The molecule has 0 aliphatic rings. The molecule has 0 aliphatic carbocycles. The molecular formula is C21H20F6O4. The Labute approximate surface area is 174 Å². The van der Waals surface area contributed by atoms with E-state index in [1.165, 1.54) is 24.3 Å². The lowest BCUT2D eigenvalue weighted by atomic mass is 9.89. The molecule has 0 fully saturated rings. The van der Waals surface area contributed by atoms with E-state index in [4.69, 9.17) is 4.74 Å². The Hall–Kier alpha value is -2.59. The molecule has 2 aromatic rings. The second-order valence-electron chi connectivity index (χ2n) is 6.59. The van der Waals surface area contributed by atoms with E-state index in [-0.39, 0.29) is 23.5 Å². The van der Waals surface area contributed by atoms with Gasteiger partial charge in [-0.2, -0.15) is 26.3 Å². The molecule has 0 N–H and O–H groups in total. The van der Waals surface area contributed by atoms with Gasteiger partial charge in [-0.3, -0.25) is 4.79 Å². The number of benzene rings is 2. The minimum Gasteiger partial charge on any atom is -0.457 e. The number of ether oxygens (including phenoxy) is 3. The van der Waals surface area contributed by atoms with Gasteiger partial charge in [-0.25, -0.2) is 0 Å². The molecule has 0 radical (unpaired) electrons. The highest BCUT2D eigenvalue weighted by atomic mass is 19.4. The summed E-state index contributed by atoms with van der Waals surface area (Å²) < 4.78 is 96.8. The Morgan fingerprint density at radius 1 is 0.968 bits per heavy atom. The van der Waals surface area contributed by atoms with E-state index in [0.717, 1.165) is 19.2 Å². The van der Waals surface area contributed by atoms with Crippen LogP contribution >= 0.6 is 0 Å². The maximum absolute atomic E-state index is 13.8. The van der Waals surface area contributed by atoms with Crippen LogP contribution in [0.2, 0.25) is 0 Å². The summed E-state index contributed by atoms with van der Waals surface area (Å²) in [6.45, 7) is 0.491. The fourth-order valence-electron chi connectivity index (χ4n) is 3.02. The molecule has 170 valence electrons. The van der Waals surface area contributed by atoms with Crippen LogP contribution in [0.5, 0.6) is 11.5 Å². The van der Waals surface area contributed by atoms with Crippen LogP contribution in [0.4, 0.5) is 26.3 Å². The first-order valence-corrected chi connectivity index (χ1v) is 9.13. The smallest absolute Gasteiger partial charge is 0.430 e. The minimum absolute atomic E-state index is 0.0682. The van der Waals surface area contributed by atoms with Gasteiger partial charge in [0.2, 0.25) is 0 Å². The molecule has 0 aliphatic heterocycles. The second-order valence-corrected chi connectivity index (χ2v) is 6.59. The molecule has 0 amide bonds. The first-order valence-electron chi connectivity index (χ1n) is 9.13. The van der Waals surface area contributed by atoms with Crippen LogP contribution in [0.1, 0.15) is 34.8 Å². The van der Waals surface area contributed by atoms with Gasteiger partial charge >= 0.3 is 12.4 Å². The van der Waals surface area contributed by atoms with Crippen LogP contribution in [0.3, 0.4) is 0 Å². The third-order valence-corrected chi connectivity index (χ3v) is 4.40. The van der Waals surface area contributed by atoms with Crippen molar-refractivity contribution >= 4 is 6.29 Å². The molecule has 0 saturated heterocycles. The van der Waals surface area contributed by atoms with E-state index in [2.05, 4.69) is 9.47 Å². The van der Waals surface area contributed by atoms with Crippen molar-refractivity contribution in [3.8, 4) is 11.5 Å². The molecular weight excluding hydrogens is 430 g/mol. The van der Waals surface area contributed by atoms with E-state index in [0.29, 0.717) is 24.3 Å². The van der Waals surface area contributed by atoms with E-state index < -0.39 is 30.3 Å². The predicted octanol–water partition coefficient (Wildman–Crippen LogP) is 6.18. The SMILES string of the molecule is CCCc1cc(C(OCOC)(C(F)(F)F)C(F)(F)F)ccc1Oc1cccc(C=O)c1. The summed E-state index contributed by atoms with van der Waals surface area (Å²) in [6, 6.07) is 8.42. The number of carbonyl (C=O) groups excluding carboxylic acids is 1. The van der Waals surface area contributed by atoms with Gasteiger partial charge in [0, 0.05) is 18.2 Å². The molecule has 0 aromatic heterocycles. The minimum atomic E-state index is -5.81. The fraction of sp³-hybridized carbons (Fsp3) is 0.381. The monoisotopic (exact) mass is 450 g/mol. The third-order valence-electron chi connectivity index (χ3n) is 4.40. The van der Waals surface area contributed by atoms with Crippen molar-refractivity contribution in [3.63, 3.8) is 0 Å². The molecule has 31 heavy (non-hydrogen) atoms. The van der Waals surface area contributed by atoms with E-state index >= 15 is 0 Å². The number of halogens is 6. The average Bonchev–Trinajstić information content (AvgIpc) is 2.68. The highest BCUT2D eigenvalue weighted by Gasteiger charge is 2.73. The number of methoxy groups -OCH3 is 1. The van der Waals surface area contributed by atoms with Gasteiger partial charge in [-0.15, -0.1) is 0 Å². The zero-order valence-corrected chi connectivity index (χ0v) is 16.6. The van der Waals surface area contributed by atoms with E-state index in [1.54, 1.807) is 6.92 Å². The fourth-order valence-corrected chi connectivity index (χ4v) is 3.02. The zero-order valence-electron chi connectivity index (χ0n) is 16.6. The Kier molecular flexibility index (Phi) is 7.72. The number of carbonyl (C=O) groups is 1. The second kappa shape index (κ2) is 9.69. The topological polar surface area (TPSA) is 44.8 Å². The highest BCUT2D eigenvalue weighted by Crippen LogP contribution is 2.53. The summed E-state index contributed by atoms with van der Waals surface area (Å²) >= 11 is 0. The van der Waals surface area contributed by atoms with Crippen LogP contribution in [-0.2, 0) is 21.5 Å². The zero-order chi connectivity index (χ0) is 23.3. The van der Waals surface area contributed by atoms with Gasteiger partial charge < -0.3 is 14.2 Å². The largest absolute Gasteiger partial charge is 0.457 e. The Bertz CT molecular complexity index is 878. The van der Waals surface area contributed by atoms with Gasteiger partial charge in [0.15, 0.2) is 0 Å².